The standard InChI is InChI=1S/C20H30N2O4/c1-19(2)11-15(12-20(3,4)26-19)14-8-6-13(7-9-14)10-16(17(21)23)22-18(24)25-5/h6-9,15-16H,10-12H2,1-5H3,(H2,21,23)(H,22,24)/t16-/m0/s1. The Morgan fingerprint density at radius 1 is 1.19 bits per heavy atom. The summed E-state index contributed by atoms with van der Waals surface area (Å²) < 4.78 is 10.7. The van der Waals surface area contributed by atoms with E-state index in [0.717, 1.165) is 18.4 Å². The third kappa shape index (κ3) is 5.46. The van der Waals surface area contributed by atoms with Crippen LogP contribution in [0, 0.1) is 0 Å². The number of ether oxygens (including phenoxy) is 2. The maximum atomic E-state index is 11.6. The number of methoxy groups -OCH3 is 1. The van der Waals surface area contributed by atoms with Gasteiger partial charge in [-0.15, -0.1) is 0 Å². The molecule has 3 N–H and O–H groups in total. The SMILES string of the molecule is COC(=O)N[C@@H](Cc1ccc(C2CC(C)(C)OC(C)(C)C2)cc1)C(N)=O. The van der Waals surface area contributed by atoms with Gasteiger partial charge in [-0.1, -0.05) is 24.3 Å². The molecule has 144 valence electrons. The van der Waals surface area contributed by atoms with E-state index in [1.165, 1.54) is 12.7 Å². The summed E-state index contributed by atoms with van der Waals surface area (Å²) in [5, 5.41) is 2.46. The van der Waals surface area contributed by atoms with E-state index in [1.54, 1.807) is 0 Å². The number of hydrogen-bond donors (Lipinski definition) is 2. The van der Waals surface area contributed by atoms with Gasteiger partial charge in [0.25, 0.3) is 0 Å². The van der Waals surface area contributed by atoms with Crippen molar-refractivity contribution in [1.29, 1.82) is 0 Å². The Labute approximate surface area is 155 Å². The van der Waals surface area contributed by atoms with E-state index in [9.17, 15) is 9.59 Å². The first kappa shape index (κ1) is 20.2. The number of primary amides is 1. The maximum absolute atomic E-state index is 11.6. The van der Waals surface area contributed by atoms with Gasteiger partial charge >= 0.3 is 6.09 Å². The number of benzene rings is 1. The molecule has 6 nitrogen and oxygen atoms in total. The Morgan fingerprint density at radius 2 is 1.73 bits per heavy atom. The molecule has 0 spiro atoms. The Balaban J connectivity index is 2.10. The van der Waals surface area contributed by atoms with Crippen molar-refractivity contribution in [2.24, 2.45) is 5.73 Å². The number of hydrogen-bond acceptors (Lipinski definition) is 4. The van der Waals surface area contributed by atoms with Crippen LogP contribution in [-0.4, -0.2) is 36.4 Å². The predicted molar refractivity (Wildman–Crippen MR) is 99.9 cm³/mol. The molecular weight excluding hydrogens is 332 g/mol. The van der Waals surface area contributed by atoms with Gasteiger partial charge < -0.3 is 20.5 Å². The average Bonchev–Trinajstić information content (AvgIpc) is 2.51. The maximum Gasteiger partial charge on any atom is 0.407 e. The fourth-order valence-corrected chi connectivity index (χ4v) is 3.91. The molecule has 26 heavy (non-hydrogen) atoms. The number of nitrogens with two attached hydrogens (primary N) is 1. The van der Waals surface area contributed by atoms with Crippen LogP contribution in [0.3, 0.4) is 0 Å². The van der Waals surface area contributed by atoms with Gasteiger partial charge in [0, 0.05) is 6.42 Å². The van der Waals surface area contributed by atoms with Crippen molar-refractivity contribution in [2.45, 2.75) is 70.1 Å². The summed E-state index contributed by atoms with van der Waals surface area (Å²) in [5.41, 5.74) is 7.24. The van der Waals surface area contributed by atoms with Crippen LogP contribution in [-0.2, 0) is 20.7 Å². The van der Waals surface area contributed by atoms with Gasteiger partial charge in [0.1, 0.15) is 6.04 Å². The van der Waals surface area contributed by atoms with Crippen LogP contribution >= 0.6 is 0 Å². The number of rotatable bonds is 5. The van der Waals surface area contributed by atoms with E-state index in [4.69, 9.17) is 10.5 Å². The highest BCUT2D eigenvalue weighted by molar-refractivity contribution is 5.84. The minimum absolute atomic E-state index is 0.160. The minimum Gasteiger partial charge on any atom is -0.453 e. The van der Waals surface area contributed by atoms with Crippen molar-refractivity contribution in [3.63, 3.8) is 0 Å². The Morgan fingerprint density at radius 3 is 2.19 bits per heavy atom. The van der Waals surface area contributed by atoms with Gasteiger partial charge in [0.15, 0.2) is 0 Å². The fraction of sp³-hybridized carbons (Fsp3) is 0.600. The first-order valence-corrected chi connectivity index (χ1v) is 8.94. The van der Waals surface area contributed by atoms with Crippen molar-refractivity contribution in [3.8, 4) is 0 Å². The first-order valence-electron chi connectivity index (χ1n) is 8.94. The topological polar surface area (TPSA) is 90.7 Å². The summed E-state index contributed by atoms with van der Waals surface area (Å²) >= 11 is 0. The zero-order valence-electron chi connectivity index (χ0n) is 16.3. The normalized spacial score (nSPS) is 20.2. The highest BCUT2D eigenvalue weighted by Crippen LogP contribution is 2.43. The number of amides is 2. The van der Waals surface area contributed by atoms with Gasteiger partial charge in [-0.3, -0.25) is 4.79 Å². The number of alkyl carbamates (subject to hydrolysis) is 1. The molecule has 1 heterocycles. The Hall–Kier alpha value is -2.08. The quantitative estimate of drug-likeness (QED) is 0.843. The molecular formula is C20H30N2O4. The zero-order chi connectivity index (χ0) is 19.5. The van der Waals surface area contributed by atoms with E-state index < -0.39 is 18.0 Å². The summed E-state index contributed by atoms with van der Waals surface area (Å²) in [5.74, 6) is -0.171. The molecule has 1 fully saturated rings. The van der Waals surface area contributed by atoms with Crippen LogP contribution in [0.2, 0.25) is 0 Å². The smallest absolute Gasteiger partial charge is 0.407 e. The predicted octanol–water partition coefficient (Wildman–Crippen LogP) is 2.89. The molecule has 0 saturated carbocycles. The lowest BCUT2D eigenvalue weighted by atomic mass is 9.77. The van der Waals surface area contributed by atoms with E-state index in [0.29, 0.717) is 12.3 Å². The molecule has 1 aromatic rings. The third-order valence-corrected chi connectivity index (χ3v) is 4.74. The number of carbonyl (C=O) groups is 2. The van der Waals surface area contributed by atoms with Gasteiger partial charge in [0.2, 0.25) is 5.91 Å². The molecule has 1 aromatic carbocycles. The van der Waals surface area contributed by atoms with Crippen molar-refractivity contribution >= 4 is 12.0 Å². The van der Waals surface area contributed by atoms with Crippen molar-refractivity contribution < 1.29 is 19.1 Å². The lowest BCUT2D eigenvalue weighted by molar-refractivity contribution is -0.161. The number of carbonyl (C=O) groups excluding carboxylic acids is 2. The van der Waals surface area contributed by atoms with Gasteiger partial charge in [0.05, 0.1) is 18.3 Å². The van der Waals surface area contributed by atoms with Crippen molar-refractivity contribution in [1.82, 2.24) is 5.32 Å². The lowest BCUT2D eigenvalue weighted by Crippen LogP contribution is -2.45. The highest BCUT2D eigenvalue weighted by atomic mass is 16.5. The van der Waals surface area contributed by atoms with E-state index in [1.807, 2.05) is 12.1 Å². The second-order valence-electron chi connectivity index (χ2n) is 8.26. The van der Waals surface area contributed by atoms with Gasteiger partial charge in [-0.05, 0) is 57.6 Å². The van der Waals surface area contributed by atoms with Crippen LogP contribution in [0.1, 0.15) is 57.6 Å². The molecule has 1 saturated heterocycles. The summed E-state index contributed by atoms with van der Waals surface area (Å²) in [6.45, 7) is 8.52. The average molecular weight is 362 g/mol. The molecule has 1 aliphatic heterocycles. The van der Waals surface area contributed by atoms with Crippen LogP contribution < -0.4 is 11.1 Å². The van der Waals surface area contributed by atoms with E-state index in [-0.39, 0.29) is 11.2 Å². The van der Waals surface area contributed by atoms with Gasteiger partial charge in [-0.2, -0.15) is 0 Å². The molecule has 6 heteroatoms. The summed E-state index contributed by atoms with van der Waals surface area (Å²) in [4.78, 5) is 22.9. The second kappa shape index (κ2) is 7.66. The molecule has 1 aliphatic rings. The van der Waals surface area contributed by atoms with E-state index in [2.05, 4.69) is 49.9 Å². The molecule has 0 bridgehead atoms. The second-order valence-corrected chi connectivity index (χ2v) is 8.26. The Kier molecular flexibility index (Phi) is 5.96. The largest absolute Gasteiger partial charge is 0.453 e. The van der Waals surface area contributed by atoms with Crippen LogP contribution in [0.25, 0.3) is 0 Å². The van der Waals surface area contributed by atoms with Crippen LogP contribution in [0.4, 0.5) is 4.79 Å². The van der Waals surface area contributed by atoms with E-state index >= 15 is 0 Å². The monoisotopic (exact) mass is 362 g/mol. The summed E-state index contributed by atoms with van der Waals surface area (Å²) in [6.07, 6.45) is 1.58. The molecule has 0 aromatic heterocycles. The Bertz CT molecular complexity index is 636. The van der Waals surface area contributed by atoms with Crippen LogP contribution in [0.5, 0.6) is 0 Å². The summed E-state index contributed by atoms with van der Waals surface area (Å²) in [7, 11) is 1.25. The van der Waals surface area contributed by atoms with Gasteiger partial charge in [-0.25, -0.2) is 4.79 Å². The highest BCUT2D eigenvalue weighted by Gasteiger charge is 2.39. The van der Waals surface area contributed by atoms with Crippen molar-refractivity contribution in [3.05, 3.63) is 35.4 Å². The fourth-order valence-electron chi connectivity index (χ4n) is 3.91. The molecule has 2 rings (SSSR count). The summed E-state index contributed by atoms with van der Waals surface area (Å²) in [6, 6.07) is 7.36. The van der Waals surface area contributed by atoms with Crippen LogP contribution in [0.15, 0.2) is 24.3 Å². The molecule has 2 amide bonds. The zero-order valence-corrected chi connectivity index (χ0v) is 16.3. The van der Waals surface area contributed by atoms with Crippen molar-refractivity contribution in [2.75, 3.05) is 7.11 Å². The first-order chi connectivity index (χ1) is 12.0. The molecule has 0 unspecified atom stereocenters. The minimum atomic E-state index is -0.797. The molecule has 0 radical (unpaired) electrons. The third-order valence-electron chi connectivity index (χ3n) is 4.74. The number of nitrogens with one attached hydrogen (secondary N) is 1. The lowest BCUT2D eigenvalue weighted by Gasteiger charge is -2.45. The molecule has 1 atom stereocenters. The molecule has 0 aliphatic carbocycles.